The van der Waals surface area contributed by atoms with Crippen molar-refractivity contribution in [2.45, 2.75) is 12.8 Å². The first-order valence-corrected chi connectivity index (χ1v) is 5.68. The second-order valence-corrected chi connectivity index (χ2v) is 4.09. The van der Waals surface area contributed by atoms with E-state index in [4.69, 9.17) is 9.15 Å². The molecule has 1 N–H and O–H groups in total. The van der Waals surface area contributed by atoms with Crippen LogP contribution in [0.3, 0.4) is 0 Å². The molecule has 0 radical (unpaired) electrons. The number of hydrogen-bond acceptors (Lipinski definition) is 3. The summed E-state index contributed by atoms with van der Waals surface area (Å²) >= 11 is 0. The van der Waals surface area contributed by atoms with E-state index in [1.807, 2.05) is 18.2 Å². The highest BCUT2D eigenvalue weighted by Gasteiger charge is 2.18. The van der Waals surface area contributed by atoms with Crippen LogP contribution in [0.1, 0.15) is 11.3 Å². The maximum atomic E-state index is 5.89. The van der Waals surface area contributed by atoms with Gasteiger partial charge in [0.15, 0.2) is 0 Å². The molecule has 0 unspecified atom stereocenters. The van der Waals surface area contributed by atoms with Crippen molar-refractivity contribution in [3.8, 4) is 5.75 Å². The van der Waals surface area contributed by atoms with Crippen LogP contribution in [-0.4, -0.2) is 20.2 Å². The minimum Gasteiger partial charge on any atom is -0.496 e. The van der Waals surface area contributed by atoms with Crippen molar-refractivity contribution in [2.75, 3.05) is 20.2 Å². The van der Waals surface area contributed by atoms with Crippen molar-refractivity contribution in [2.24, 2.45) is 0 Å². The number of nitrogens with one attached hydrogen (secondary N) is 1. The molecule has 0 spiro atoms. The quantitative estimate of drug-likeness (QED) is 0.794. The Balaban J connectivity index is 2.27. The van der Waals surface area contributed by atoms with Gasteiger partial charge in [0.25, 0.3) is 0 Å². The van der Waals surface area contributed by atoms with Crippen molar-refractivity contribution in [1.82, 2.24) is 5.32 Å². The Morgan fingerprint density at radius 3 is 3.00 bits per heavy atom. The van der Waals surface area contributed by atoms with Crippen LogP contribution in [0.25, 0.3) is 11.0 Å². The molecule has 1 aromatic carbocycles. The molecule has 1 aliphatic rings. The van der Waals surface area contributed by atoms with Gasteiger partial charge in [-0.05, 0) is 25.1 Å². The van der Waals surface area contributed by atoms with Crippen LogP contribution in [0.5, 0.6) is 5.75 Å². The maximum absolute atomic E-state index is 5.89. The van der Waals surface area contributed by atoms with Gasteiger partial charge in [0.05, 0.1) is 12.5 Å². The van der Waals surface area contributed by atoms with Gasteiger partial charge >= 0.3 is 0 Å². The van der Waals surface area contributed by atoms with E-state index in [0.29, 0.717) is 0 Å². The van der Waals surface area contributed by atoms with Crippen molar-refractivity contribution in [3.63, 3.8) is 0 Å². The molecule has 0 bridgehead atoms. The second-order valence-electron chi connectivity index (χ2n) is 4.09. The van der Waals surface area contributed by atoms with Gasteiger partial charge in [0.1, 0.15) is 17.1 Å². The smallest absolute Gasteiger partial charge is 0.138 e. The van der Waals surface area contributed by atoms with Crippen LogP contribution < -0.4 is 10.1 Å². The lowest BCUT2D eigenvalue weighted by Gasteiger charge is -2.03. The lowest BCUT2D eigenvalue weighted by molar-refractivity contribution is 0.419. The Bertz CT molecular complexity index is 516. The zero-order valence-electron chi connectivity index (χ0n) is 9.38. The molecule has 0 saturated carbocycles. The molecule has 84 valence electrons. The normalized spacial score (nSPS) is 15.8. The number of rotatable bonds is 1. The Morgan fingerprint density at radius 1 is 1.25 bits per heavy atom. The fourth-order valence-corrected chi connectivity index (χ4v) is 2.40. The average molecular weight is 217 g/mol. The lowest BCUT2D eigenvalue weighted by atomic mass is 10.1. The molecule has 3 nitrogen and oxygen atoms in total. The summed E-state index contributed by atoms with van der Waals surface area (Å²) < 4.78 is 11.3. The molecule has 16 heavy (non-hydrogen) atoms. The van der Waals surface area contributed by atoms with E-state index in [1.165, 1.54) is 5.56 Å². The number of benzene rings is 1. The molecule has 0 aliphatic carbocycles. The van der Waals surface area contributed by atoms with E-state index >= 15 is 0 Å². The summed E-state index contributed by atoms with van der Waals surface area (Å²) in [6.07, 6.45) is 1.98. The summed E-state index contributed by atoms with van der Waals surface area (Å²) in [7, 11) is 1.71. The molecule has 2 heterocycles. The Labute approximate surface area is 94.4 Å². The Morgan fingerprint density at radius 2 is 2.12 bits per heavy atom. The number of methoxy groups -OCH3 is 1. The van der Waals surface area contributed by atoms with Crippen LogP contribution in [0.4, 0.5) is 0 Å². The van der Waals surface area contributed by atoms with E-state index in [9.17, 15) is 0 Å². The van der Waals surface area contributed by atoms with Gasteiger partial charge in [-0.2, -0.15) is 0 Å². The monoisotopic (exact) mass is 217 g/mol. The van der Waals surface area contributed by atoms with E-state index < -0.39 is 0 Å². The van der Waals surface area contributed by atoms with E-state index in [0.717, 1.165) is 48.4 Å². The van der Waals surface area contributed by atoms with Crippen LogP contribution in [0.15, 0.2) is 22.6 Å². The number of hydrogen-bond donors (Lipinski definition) is 1. The Hall–Kier alpha value is -1.48. The van der Waals surface area contributed by atoms with E-state index in [1.54, 1.807) is 7.11 Å². The van der Waals surface area contributed by atoms with Crippen molar-refractivity contribution in [1.29, 1.82) is 0 Å². The summed E-state index contributed by atoms with van der Waals surface area (Å²) in [5, 5.41) is 4.54. The van der Waals surface area contributed by atoms with Crippen molar-refractivity contribution < 1.29 is 9.15 Å². The van der Waals surface area contributed by atoms with E-state index in [-0.39, 0.29) is 0 Å². The minimum absolute atomic E-state index is 0.921. The van der Waals surface area contributed by atoms with Gasteiger partial charge in [-0.3, -0.25) is 0 Å². The first kappa shape index (κ1) is 9.73. The van der Waals surface area contributed by atoms with Crippen LogP contribution >= 0.6 is 0 Å². The first-order chi connectivity index (χ1) is 7.90. The molecule has 2 aromatic rings. The predicted molar refractivity (Wildman–Crippen MR) is 63.0 cm³/mol. The summed E-state index contributed by atoms with van der Waals surface area (Å²) in [6.45, 7) is 2.01. The number of furan rings is 1. The summed E-state index contributed by atoms with van der Waals surface area (Å²) in [6, 6.07) is 5.98. The molecular formula is C13H15NO2. The third-order valence-electron chi connectivity index (χ3n) is 3.16. The summed E-state index contributed by atoms with van der Waals surface area (Å²) in [5.41, 5.74) is 2.27. The van der Waals surface area contributed by atoms with Gasteiger partial charge < -0.3 is 14.5 Å². The highest BCUT2D eigenvalue weighted by Crippen LogP contribution is 2.34. The van der Waals surface area contributed by atoms with Gasteiger partial charge in [0, 0.05) is 18.5 Å². The van der Waals surface area contributed by atoms with Gasteiger partial charge in [-0.25, -0.2) is 0 Å². The fraction of sp³-hybridized carbons (Fsp3) is 0.385. The zero-order valence-corrected chi connectivity index (χ0v) is 9.38. The molecule has 1 aliphatic heterocycles. The number of ether oxygens (including phenoxy) is 1. The Kier molecular flexibility index (Phi) is 2.33. The fourth-order valence-electron chi connectivity index (χ4n) is 2.40. The molecule has 3 heteroatoms. The highest BCUT2D eigenvalue weighted by molar-refractivity contribution is 5.88. The standard InChI is InChI=1S/C13H15NO2/c1-15-11-3-2-4-12-13(11)9-5-7-14-8-6-10(9)16-12/h2-4,14H,5-8H2,1H3. The largest absolute Gasteiger partial charge is 0.496 e. The predicted octanol–water partition coefficient (Wildman–Crippen LogP) is 2.13. The van der Waals surface area contributed by atoms with Gasteiger partial charge in [0.2, 0.25) is 0 Å². The number of fused-ring (bicyclic) bond motifs is 3. The minimum atomic E-state index is 0.921. The third kappa shape index (κ3) is 1.39. The molecule has 1 aromatic heterocycles. The highest BCUT2D eigenvalue weighted by atomic mass is 16.5. The first-order valence-electron chi connectivity index (χ1n) is 5.68. The maximum Gasteiger partial charge on any atom is 0.138 e. The molecular weight excluding hydrogens is 202 g/mol. The van der Waals surface area contributed by atoms with Crippen LogP contribution in [0.2, 0.25) is 0 Å². The van der Waals surface area contributed by atoms with Crippen LogP contribution in [0, 0.1) is 0 Å². The lowest BCUT2D eigenvalue weighted by Crippen LogP contribution is -2.16. The zero-order chi connectivity index (χ0) is 11.0. The molecule has 0 fully saturated rings. The van der Waals surface area contributed by atoms with Crippen molar-refractivity contribution in [3.05, 3.63) is 29.5 Å². The molecule has 0 atom stereocenters. The molecule has 0 amide bonds. The summed E-state index contributed by atoms with van der Waals surface area (Å²) in [4.78, 5) is 0. The van der Waals surface area contributed by atoms with E-state index in [2.05, 4.69) is 5.32 Å². The van der Waals surface area contributed by atoms with Gasteiger partial charge in [-0.1, -0.05) is 6.07 Å². The van der Waals surface area contributed by atoms with Crippen molar-refractivity contribution >= 4 is 11.0 Å². The average Bonchev–Trinajstić information content (AvgIpc) is 2.52. The SMILES string of the molecule is COc1cccc2oc3c(c12)CCNCC3. The summed E-state index contributed by atoms with van der Waals surface area (Å²) in [5.74, 6) is 2.04. The molecule has 0 saturated heterocycles. The van der Waals surface area contributed by atoms with Gasteiger partial charge in [-0.15, -0.1) is 0 Å². The topological polar surface area (TPSA) is 34.4 Å². The van der Waals surface area contributed by atoms with Crippen LogP contribution in [-0.2, 0) is 12.8 Å². The molecule has 3 rings (SSSR count). The third-order valence-corrected chi connectivity index (χ3v) is 3.16. The second kappa shape index (κ2) is 3.83.